The van der Waals surface area contributed by atoms with E-state index in [0.29, 0.717) is 17.9 Å². The number of fused-ring (bicyclic) bond motifs is 1. The molecule has 0 unspecified atom stereocenters. The minimum absolute atomic E-state index is 0.0199. The second-order valence-electron chi connectivity index (χ2n) is 3.15. The van der Waals surface area contributed by atoms with Crippen molar-refractivity contribution < 1.29 is 9.90 Å². The van der Waals surface area contributed by atoms with E-state index in [2.05, 4.69) is 10.2 Å². The molecule has 2 aromatic rings. The number of aryl methyl sites for hydroxylation is 1. The van der Waals surface area contributed by atoms with Gasteiger partial charge < -0.3 is 5.11 Å². The molecule has 2 heterocycles. The molecule has 2 N–H and O–H groups in total. The summed E-state index contributed by atoms with van der Waals surface area (Å²) in [6.07, 6.45) is 1.93. The summed E-state index contributed by atoms with van der Waals surface area (Å²) in [7, 11) is 0. The number of pyridine rings is 1. The van der Waals surface area contributed by atoms with Crippen LogP contribution in [0.15, 0.2) is 23.1 Å². The van der Waals surface area contributed by atoms with Crippen molar-refractivity contribution in [1.29, 1.82) is 0 Å². The summed E-state index contributed by atoms with van der Waals surface area (Å²) in [5.41, 5.74) is 0.464. The Morgan fingerprint density at radius 2 is 2.40 bits per heavy atom. The van der Waals surface area contributed by atoms with Gasteiger partial charge in [0.15, 0.2) is 5.43 Å². The minimum Gasteiger partial charge on any atom is -0.481 e. The van der Waals surface area contributed by atoms with Crippen molar-refractivity contribution in [2.45, 2.75) is 12.8 Å². The topological polar surface area (TPSA) is 87.5 Å². The van der Waals surface area contributed by atoms with Crippen molar-refractivity contribution >= 4 is 11.6 Å². The molecule has 0 amide bonds. The van der Waals surface area contributed by atoms with Gasteiger partial charge in [-0.05, 0) is 0 Å². The monoisotopic (exact) mass is 207 g/mol. The number of carbonyl (C=O) groups is 1. The van der Waals surface area contributed by atoms with Crippen molar-refractivity contribution in [3.63, 3.8) is 0 Å². The minimum atomic E-state index is -0.868. The summed E-state index contributed by atoms with van der Waals surface area (Å²) in [5.74, 6) is -0.264. The molecule has 0 aromatic carbocycles. The highest BCUT2D eigenvalue weighted by molar-refractivity contribution is 5.66. The maximum absolute atomic E-state index is 11.0. The van der Waals surface area contributed by atoms with E-state index in [1.807, 2.05) is 0 Å². The van der Waals surface area contributed by atoms with Crippen LogP contribution < -0.4 is 5.43 Å². The summed E-state index contributed by atoms with van der Waals surface area (Å²) >= 11 is 0. The van der Waals surface area contributed by atoms with Gasteiger partial charge in [-0.3, -0.25) is 19.1 Å². The van der Waals surface area contributed by atoms with Crippen molar-refractivity contribution in [3.05, 3.63) is 34.4 Å². The lowest BCUT2D eigenvalue weighted by Gasteiger charge is -1.96. The summed E-state index contributed by atoms with van der Waals surface area (Å²) < 4.78 is 1.67. The van der Waals surface area contributed by atoms with Crippen LogP contribution in [0.25, 0.3) is 5.65 Å². The Morgan fingerprint density at radius 3 is 3.13 bits per heavy atom. The zero-order chi connectivity index (χ0) is 10.8. The molecule has 0 bridgehead atoms. The molecule has 0 radical (unpaired) electrons. The molecule has 0 aliphatic carbocycles. The van der Waals surface area contributed by atoms with Gasteiger partial charge in [-0.25, -0.2) is 0 Å². The van der Waals surface area contributed by atoms with Crippen molar-refractivity contribution in [3.8, 4) is 0 Å². The maximum Gasteiger partial charge on any atom is 0.303 e. The molecule has 2 rings (SSSR count). The Hall–Kier alpha value is -2.11. The first-order valence-electron chi connectivity index (χ1n) is 4.44. The first kappa shape index (κ1) is 9.45. The number of carboxylic acid groups (broad SMARTS) is 1. The molecule has 0 aliphatic heterocycles. The smallest absolute Gasteiger partial charge is 0.303 e. The maximum atomic E-state index is 11.0. The zero-order valence-corrected chi connectivity index (χ0v) is 7.80. The van der Waals surface area contributed by atoms with Crippen LogP contribution in [0, 0.1) is 0 Å². The van der Waals surface area contributed by atoms with Crippen LogP contribution in [0.1, 0.15) is 12.2 Å². The summed E-state index contributed by atoms with van der Waals surface area (Å²) in [6, 6.07) is 2.82. The van der Waals surface area contributed by atoms with Gasteiger partial charge in [0, 0.05) is 24.8 Å². The van der Waals surface area contributed by atoms with Crippen LogP contribution >= 0.6 is 0 Å². The first-order chi connectivity index (χ1) is 7.16. The fraction of sp³-hybridized carbons (Fsp3) is 0.222. The Balaban J connectivity index is 2.36. The van der Waals surface area contributed by atoms with Crippen LogP contribution in [-0.4, -0.2) is 25.7 Å². The number of carboxylic acids is 1. The van der Waals surface area contributed by atoms with E-state index in [0.717, 1.165) is 0 Å². The molecular formula is C9H9N3O3. The van der Waals surface area contributed by atoms with Gasteiger partial charge >= 0.3 is 5.97 Å². The van der Waals surface area contributed by atoms with Crippen LogP contribution in [0.2, 0.25) is 0 Å². The third-order valence-corrected chi connectivity index (χ3v) is 2.07. The van der Waals surface area contributed by atoms with Gasteiger partial charge in [0.1, 0.15) is 11.5 Å². The Morgan fingerprint density at radius 1 is 1.60 bits per heavy atom. The molecule has 0 aliphatic rings. The second kappa shape index (κ2) is 3.56. The largest absolute Gasteiger partial charge is 0.481 e. The number of aliphatic carboxylic acids is 1. The Kier molecular flexibility index (Phi) is 2.24. The molecular weight excluding hydrogens is 198 g/mol. The molecule has 0 fully saturated rings. The molecule has 0 saturated carbocycles. The van der Waals surface area contributed by atoms with Gasteiger partial charge in [-0.1, -0.05) is 0 Å². The Labute approximate surface area is 84.2 Å². The molecule has 15 heavy (non-hydrogen) atoms. The molecule has 6 heteroatoms. The number of hydrogen-bond acceptors (Lipinski definition) is 3. The number of nitrogens with zero attached hydrogens (tertiary/aromatic N) is 2. The van der Waals surface area contributed by atoms with Gasteiger partial charge in [0.2, 0.25) is 0 Å². The summed E-state index contributed by atoms with van der Waals surface area (Å²) in [5, 5.41) is 15.1. The fourth-order valence-electron chi connectivity index (χ4n) is 1.36. The van der Waals surface area contributed by atoms with E-state index >= 15 is 0 Å². The van der Waals surface area contributed by atoms with Crippen molar-refractivity contribution in [2.75, 3.05) is 0 Å². The third kappa shape index (κ3) is 1.88. The van der Waals surface area contributed by atoms with Crippen molar-refractivity contribution in [2.24, 2.45) is 0 Å². The van der Waals surface area contributed by atoms with Crippen molar-refractivity contribution in [1.82, 2.24) is 14.6 Å². The van der Waals surface area contributed by atoms with E-state index in [-0.39, 0.29) is 11.8 Å². The van der Waals surface area contributed by atoms with Gasteiger partial charge in [-0.2, -0.15) is 5.10 Å². The Bertz CT molecular complexity index is 555. The lowest BCUT2D eigenvalue weighted by Crippen LogP contribution is -2.03. The predicted octanol–water partition coefficient (Wildman–Crippen LogP) is 0.0398. The zero-order valence-electron chi connectivity index (χ0n) is 7.80. The quantitative estimate of drug-likeness (QED) is 0.743. The van der Waals surface area contributed by atoms with Gasteiger partial charge in [0.25, 0.3) is 0 Å². The number of aromatic nitrogens is 3. The van der Waals surface area contributed by atoms with E-state index in [9.17, 15) is 9.59 Å². The van der Waals surface area contributed by atoms with E-state index in [1.165, 1.54) is 12.1 Å². The highest BCUT2D eigenvalue weighted by Crippen LogP contribution is 2.02. The average Bonchev–Trinajstić information content (AvgIpc) is 2.57. The molecule has 6 nitrogen and oxygen atoms in total. The average molecular weight is 207 g/mol. The van der Waals surface area contributed by atoms with Crippen LogP contribution in [-0.2, 0) is 11.2 Å². The lowest BCUT2D eigenvalue weighted by molar-refractivity contribution is -0.137. The number of aromatic amines is 1. The number of hydrogen-bond donors (Lipinski definition) is 2. The molecule has 2 aromatic heterocycles. The fourth-order valence-corrected chi connectivity index (χ4v) is 1.36. The molecule has 0 spiro atoms. The second-order valence-corrected chi connectivity index (χ2v) is 3.15. The van der Waals surface area contributed by atoms with E-state index in [4.69, 9.17) is 5.11 Å². The van der Waals surface area contributed by atoms with Gasteiger partial charge in [-0.15, -0.1) is 0 Å². The summed E-state index contributed by atoms with van der Waals surface area (Å²) in [4.78, 5) is 21.4. The highest BCUT2D eigenvalue weighted by Gasteiger charge is 2.06. The third-order valence-electron chi connectivity index (χ3n) is 2.07. The SMILES string of the molecule is O=C(O)CCc1n[nH]c2cc(=O)ccn12. The highest BCUT2D eigenvalue weighted by atomic mass is 16.4. The van der Waals surface area contributed by atoms with Crippen LogP contribution in [0.5, 0.6) is 0 Å². The van der Waals surface area contributed by atoms with E-state index in [1.54, 1.807) is 10.6 Å². The van der Waals surface area contributed by atoms with Crippen LogP contribution in [0.3, 0.4) is 0 Å². The normalized spacial score (nSPS) is 10.7. The van der Waals surface area contributed by atoms with Gasteiger partial charge in [0.05, 0.1) is 6.42 Å². The summed E-state index contributed by atoms with van der Waals surface area (Å²) in [6.45, 7) is 0. The lowest BCUT2D eigenvalue weighted by atomic mass is 10.3. The van der Waals surface area contributed by atoms with E-state index < -0.39 is 5.97 Å². The molecule has 78 valence electrons. The standard InChI is InChI=1S/C9H9N3O3/c13-6-3-4-12-7(1-2-9(14)15)10-11-8(12)5-6/h3-5,11H,1-2H2,(H,14,15). The number of rotatable bonds is 3. The molecule has 0 saturated heterocycles. The predicted molar refractivity (Wildman–Crippen MR) is 51.8 cm³/mol. The number of nitrogens with one attached hydrogen (secondary N) is 1. The van der Waals surface area contributed by atoms with Crippen LogP contribution in [0.4, 0.5) is 0 Å². The number of H-pyrrole nitrogens is 1. The first-order valence-corrected chi connectivity index (χ1v) is 4.44. The molecule has 0 atom stereocenters.